The Hall–Kier alpha value is 0.0800. The lowest BCUT2D eigenvalue weighted by Crippen LogP contribution is -1.89. The van der Waals surface area contributed by atoms with Gasteiger partial charge in [-0.25, -0.2) is 0 Å². The molecule has 0 saturated heterocycles. The Morgan fingerprint density at radius 3 is 2.31 bits per heavy atom. The van der Waals surface area contributed by atoms with Gasteiger partial charge in [-0.2, -0.15) is 0 Å². The van der Waals surface area contributed by atoms with Crippen LogP contribution in [-0.2, 0) is 9.29 Å². The third kappa shape index (κ3) is 8.41. The summed E-state index contributed by atoms with van der Waals surface area (Å²) in [6, 6.07) is 0. The van der Waals surface area contributed by atoms with Gasteiger partial charge in [0, 0.05) is 0 Å². The fourth-order valence-electron chi connectivity index (χ4n) is 1.13. The lowest BCUT2D eigenvalue weighted by atomic mass is 10.1. The van der Waals surface area contributed by atoms with E-state index in [1.54, 1.807) is 0 Å². The molecule has 0 saturated carbocycles. The highest BCUT2D eigenvalue weighted by molar-refractivity contribution is 7.52. The summed E-state index contributed by atoms with van der Waals surface area (Å²) in [4.78, 5) is 8.68. The molecule has 0 heterocycles. The van der Waals surface area contributed by atoms with Gasteiger partial charge in [0.25, 0.3) is 0 Å². The third-order valence-electron chi connectivity index (χ3n) is 1.90. The van der Waals surface area contributed by atoms with Crippen molar-refractivity contribution in [1.29, 1.82) is 0 Å². The van der Waals surface area contributed by atoms with Crippen LogP contribution in [0, 0.1) is 0 Å². The molecule has 1 N–H and O–H groups in total. The number of halogens is 1. The van der Waals surface area contributed by atoms with Crippen LogP contribution >= 0.6 is 7.60 Å². The van der Waals surface area contributed by atoms with E-state index in [-0.39, 0.29) is 6.16 Å². The van der Waals surface area contributed by atoms with Crippen molar-refractivity contribution in [3.8, 4) is 0 Å². The van der Waals surface area contributed by atoms with Crippen LogP contribution < -0.4 is 0 Å². The minimum Gasteiger partial charge on any atom is -0.323 e. The molecule has 0 aromatic heterocycles. The molecule has 5 heteroatoms. The lowest BCUT2D eigenvalue weighted by molar-refractivity contribution is -0.0189. The Labute approximate surface area is 78.7 Å². The Kier molecular flexibility index (Phi) is 7.53. The molecule has 0 bridgehead atoms. The molecule has 3 nitrogen and oxygen atoms in total. The van der Waals surface area contributed by atoms with Crippen molar-refractivity contribution in [2.24, 2.45) is 0 Å². The van der Waals surface area contributed by atoms with Gasteiger partial charge in [-0.3, -0.25) is 4.57 Å². The third-order valence-corrected chi connectivity index (χ3v) is 3.00. The zero-order chi connectivity index (χ0) is 10.2. The summed E-state index contributed by atoms with van der Waals surface area (Å²) in [5.74, 6) is 0. The van der Waals surface area contributed by atoms with Gasteiger partial charge in [-0.15, -0.1) is 4.73 Å². The van der Waals surface area contributed by atoms with Crippen molar-refractivity contribution < 1.29 is 18.7 Å². The van der Waals surface area contributed by atoms with Gasteiger partial charge < -0.3 is 4.89 Å². The minimum absolute atomic E-state index is 0.0738. The van der Waals surface area contributed by atoms with Crippen LogP contribution in [0.5, 0.6) is 0 Å². The van der Waals surface area contributed by atoms with Crippen LogP contribution in [0.25, 0.3) is 0 Å². The summed E-state index contributed by atoms with van der Waals surface area (Å²) in [5, 5.41) is 0. The van der Waals surface area contributed by atoms with E-state index in [0.717, 1.165) is 19.3 Å². The first-order valence-corrected chi connectivity index (χ1v) is 6.51. The summed E-state index contributed by atoms with van der Waals surface area (Å²) in [7, 11) is -3.90. The van der Waals surface area contributed by atoms with Crippen molar-refractivity contribution in [3.05, 3.63) is 0 Å². The van der Waals surface area contributed by atoms with Gasteiger partial charge in [-0.05, 0) is 10.9 Å². The average Bonchev–Trinajstić information content (AvgIpc) is 2.11. The molecule has 1 atom stereocenters. The standard InChI is InChI=1S/C8H18FO3P/c1-2-3-4-5-6-7-8-13(10,11)12-9/h2-8H2,1H3,(H,10,11). The number of unbranched alkanes of at least 4 members (excludes halogenated alkanes) is 5. The lowest BCUT2D eigenvalue weighted by Gasteiger charge is -2.04. The smallest absolute Gasteiger partial charge is 0.323 e. The highest BCUT2D eigenvalue weighted by atomic mass is 31.2. The highest BCUT2D eigenvalue weighted by Gasteiger charge is 2.18. The predicted octanol–water partition coefficient (Wildman–Crippen LogP) is 3.43. The van der Waals surface area contributed by atoms with Crippen LogP contribution in [0.4, 0.5) is 4.53 Å². The molecule has 0 rings (SSSR count). The Balaban J connectivity index is 3.21. The Morgan fingerprint density at radius 1 is 1.23 bits per heavy atom. The molecule has 0 fully saturated rings. The van der Waals surface area contributed by atoms with Crippen molar-refractivity contribution in [3.63, 3.8) is 0 Å². The first-order chi connectivity index (χ1) is 6.12. The molecule has 13 heavy (non-hydrogen) atoms. The number of rotatable bonds is 8. The second kappa shape index (κ2) is 7.48. The van der Waals surface area contributed by atoms with Crippen molar-refractivity contribution in [2.45, 2.75) is 45.4 Å². The van der Waals surface area contributed by atoms with E-state index in [0.29, 0.717) is 6.42 Å². The van der Waals surface area contributed by atoms with Crippen LogP contribution in [0.3, 0.4) is 0 Å². The Morgan fingerprint density at radius 2 is 1.77 bits per heavy atom. The first kappa shape index (κ1) is 13.1. The van der Waals surface area contributed by atoms with Crippen LogP contribution in [0.15, 0.2) is 0 Å². The predicted molar refractivity (Wildman–Crippen MR) is 50.3 cm³/mol. The molecular formula is C8H18FO3P. The normalized spacial score (nSPS) is 15.6. The second-order valence-electron chi connectivity index (χ2n) is 3.20. The zero-order valence-corrected chi connectivity index (χ0v) is 8.93. The van der Waals surface area contributed by atoms with Gasteiger partial charge in [-0.1, -0.05) is 39.0 Å². The van der Waals surface area contributed by atoms with Crippen molar-refractivity contribution >= 4 is 7.60 Å². The topological polar surface area (TPSA) is 46.5 Å². The summed E-state index contributed by atoms with van der Waals surface area (Å²) >= 11 is 0. The molecule has 1 unspecified atom stereocenters. The van der Waals surface area contributed by atoms with Crippen LogP contribution in [-0.4, -0.2) is 11.1 Å². The molecule has 0 radical (unpaired) electrons. The molecule has 80 valence electrons. The van der Waals surface area contributed by atoms with Gasteiger partial charge in [0.1, 0.15) is 0 Å². The maximum absolute atomic E-state index is 11.4. The first-order valence-electron chi connectivity index (χ1n) is 4.74. The monoisotopic (exact) mass is 212 g/mol. The summed E-state index contributed by atoms with van der Waals surface area (Å²) < 4.78 is 25.0. The highest BCUT2D eigenvalue weighted by Crippen LogP contribution is 2.43. The van der Waals surface area contributed by atoms with E-state index in [1.807, 2.05) is 0 Å². The fourth-order valence-corrected chi connectivity index (χ4v) is 1.82. The minimum atomic E-state index is -3.90. The van der Waals surface area contributed by atoms with E-state index in [2.05, 4.69) is 11.7 Å². The molecule has 0 aliphatic carbocycles. The van der Waals surface area contributed by atoms with Gasteiger partial charge >= 0.3 is 7.60 Å². The van der Waals surface area contributed by atoms with E-state index >= 15 is 0 Å². The quantitative estimate of drug-likeness (QED) is 0.495. The molecule has 0 aliphatic rings. The maximum atomic E-state index is 11.4. The second-order valence-corrected chi connectivity index (χ2v) is 5.06. The van der Waals surface area contributed by atoms with Crippen molar-refractivity contribution in [1.82, 2.24) is 0 Å². The summed E-state index contributed by atoms with van der Waals surface area (Å²) in [6.07, 6.45) is 5.90. The molecular weight excluding hydrogens is 194 g/mol. The van der Waals surface area contributed by atoms with E-state index in [9.17, 15) is 9.09 Å². The van der Waals surface area contributed by atoms with Gasteiger partial charge in [0.05, 0.1) is 6.16 Å². The van der Waals surface area contributed by atoms with Gasteiger partial charge in [0.15, 0.2) is 0 Å². The molecule has 0 aliphatic heterocycles. The molecule has 0 aromatic carbocycles. The fraction of sp³-hybridized carbons (Fsp3) is 1.00. The van der Waals surface area contributed by atoms with Crippen molar-refractivity contribution in [2.75, 3.05) is 6.16 Å². The maximum Gasteiger partial charge on any atom is 0.361 e. The Bertz CT molecular complexity index is 163. The van der Waals surface area contributed by atoms with Crippen LogP contribution in [0.2, 0.25) is 0 Å². The summed E-state index contributed by atoms with van der Waals surface area (Å²) in [5.41, 5.74) is 0. The SMILES string of the molecule is CCCCCCCCP(=O)(O)OF. The van der Waals surface area contributed by atoms with Gasteiger partial charge in [0.2, 0.25) is 0 Å². The zero-order valence-electron chi connectivity index (χ0n) is 8.04. The van der Waals surface area contributed by atoms with E-state index in [4.69, 9.17) is 4.89 Å². The molecule has 0 amide bonds. The summed E-state index contributed by atoms with van der Waals surface area (Å²) in [6.45, 7) is 2.12. The molecule has 0 spiro atoms. The van der Waals surface area contributed by atoms with E-state index in [1.165, 1.54) is 12.8 Å². The molecule has 0 aromatic rings. The largest absolute Gasteiger partial charge is 0.361 e. The average molecular weight is 212 g/mol. The number of hydrogen-bond acceptors (Lipinski definition) is 2. The number of hydrogen-bond donors (Lipinski definition) is 1. The van der Waals surface area contributed by atoms with E-state index < -0.39 is 7.60 Å². The van der Waals surface area contributed by atoms with Crippen LogP contribution in [0.1, 0.15) is 45.4 Å².